The van der Waals surface area contributed by atoms with Crippen LogP contribution in [0.3, 0.4) is 0 Å². The minimum absolute atomic E-state index is 0.0169. The van der Waals surface area contributed by atoms with Gasteiger partial charge < -0.3 is 4.74 Å². The third kappa shape index (κ3) is 3.35. The Bertz CT molecular complexity index is 937. The summed E-state index contributed by atoms with van der Waals surface area (Å²) in [5.74, 6) is -2.02. The van der Waals surface area contributed by atoms with Gasteiger partial charge in [0.1, 0.15) is 16.5 Å². The summed E-state index contributed by atoms with van der Waals surface area (Å²) in [6.45, 7) is -0.571. The van der Waals surface area contributed by atoms with E-state index < -0.39 is 34.1 Å². The fourth-order valence-corrected chi connectivity index (χ4v) is 4.05. The lowest BCUT2D eigenvalue weighted by molar-refractivity contribution is -0.120. The van der Waals surface area contributed by atoms with Crippen molar-refractivity contribution in [3.8, 4) is 5.75 Å². The number of aromatic nitrogens is 2. The molecule has 0 spiro atoms. The number of sulfonamides is 1. The van der Waals surface area contributed by atoms with Crippen LogP contribution in [0, 0.1) is 11.6 Å². The van der Waals surface area contributed by atoms with Gasteiger partial charge in [0.2, 0.25) is 21.9 Å². The van der Waals surface area contributed by atoms with Gasteiger partial charge in [-0.1, -0.05) is 0 Å². The lowest BCUT2D eigenvalue weighted by Crippen LogP contribution is -2.52. The normalized spacial score (nSPS) is 16.0. The molecule has 26 heavy (non-hydrogen) atoms. The van der Waals surface area contributed by atoms with Gasteiger partial charge in [-0.2, -0.15) is 4.31 Å². The third-order valence-corrected chi connectivity index (χ3v) is 5.64. The van der Waals surface area contributed by atoms with Crippen LogP contribution in [0.4, 0.5) is 14.7 Å². The number of carbonyl (C=O) groups excluding carboxylic acids is 1. The first-order valence-electron chi connectivity index (χ1n) is 7.44. The molecular formula is C15H14F2N4O4S. The van der Waals surface area contributed by atoms with Crippen molar-refractivity contribution in [3.05, 3.63) is 42.2 Å². The lowest BCUT2D eigenvalue weighted by Gasteiger charge is -2.32. The fraction of sp³-hybridized carbons (Fsp3) is 0.267. The van der Waals surface area contributed by atoms with Crippen LogP contribution < -0.4 is 9.64 Å². The molecule has 0 saturated carbocycles. The molecule has 138 valence electrons. The third-order valence-electron chi connectivity index (χ3n) is 3.78. The average Bonchev–Trinajstić information content (AvgIpc) is 2.62. The molecule has 1 aromatic carbocycles. The summed E-state index contributed by atoms with van der Waals surface area (Å²) in [6, 6.07) is 3.12. The molecule has 11 heteroatoms. The summed E-state index contributed by atoms with van der Waals surface area (Å²) in [5, 5.41) is 0. The molecule has 2 heterocycles. The van der Waals surface area contributed by atoms with Crippen molar-refractivity contribution in [2.45, 2.75) is 4.90 Å². The van der Waals surface area contributed by atoms with E-state index in [1.54, 1.807) is 0 Å². The van der Waals surface area contributed by atoms with Crippen LogP contribution in [-0.2, 0) is 14.8 Å². The number of methoxy groups -OCH3 is 1. The topological polar surface area (TPSA) is 92.7 Å². The molecule has 1 aromatic heterocycles. The molecule has 8 nitrogen and oxygen atoms in total. The summed E-state index contributed by atoms with van der Waals surface area (Å²) >= 11 is 0. The van der Waals surface area contributed by atoms with E-state index in [0.717, 1.165) is 33.7 Å². The molecule has 1 aliphatic heterocycles. The minimum atomic E-state index is -4.15. The summed E-state index contributed by atoms with van der Waals surface area (Å²) in [5.41, 5.74) is 0. The monoisotopic (exact) mass is 384 g/mol. The maximum absolute atomic E-state index is 13.5. The predicted molar refractivity (Wildman–Crippen MR) is 86.1 cm³/mol. The van der Waals surface area contributed by atoms with Gasteiger partial charge in [-0.25, -0.2) is 27.2 Å². The van der Waals surface area contributed by atoms with Crippen molar-refractivity contribution in [2.24, 2.45) is 0 Å². The van der Waals surface area contributed by atoms with Crippen molar-refractivity contribution >= 4 is 21.9 Å². The predicted octanol–water partition coefficient (Wildman–Crippen LogP) is 0.801. The fourth-order valence-electron chi connectivity index (χ4n) is 2.50. The van der Waals surface area contributed by atoms with Crippen LogP contribution in [0.25, 0.3) is 0 Å². The van der Waals surface area contributed by atoms with Crippen molar-refractivity contribution in [1.82, 2.24) is 14.3 Å². The van der Waals surface area contributed by atoms with Crippen LogP contribution in [0.15, 0.2) is 35.5 Å². The average molecular weight is 384 g/mol. The van der Waals surface area contributed by atoms with Crippen molar-refractivity contribution in [1.29, 1.82) is 0 Å². The highest BCUT2D eigenvalue weighted by Crippen LogP contribution is 2.28. The Labute approximate surface area is 148 Å². The molecule has 0 atom stereocenters. The Kier molecular flexibility index (Phi) is 4.83. The first kappa shape index (κ1) is 18.1. The van der Waals surface area contributed by atoms with Gasteiger partial charge in [-0.05, 0) is 18.2 Å². The molecule has 1 aliphatic rings. The molecule has 3 rings (SSSR count). The second-order valence-corrected chi connectivity index (χ2v) is 7.29. The lowest BCUT2D eigenvalue weighted by atomic mass is 10.3. The Hall–Kier alpha value is -2.66. The molecular weight excluding hydrogens is 370 g/mol. The Morgan fingerprint density at radius 1 is 1.12 bits per heavy atom. The highest BCUT2D eigenvalue weighted by atomic mass is 32.2. The maximum atomic E-state index is 13.5. The maximum Gasteiger partial charge on any atom is 0.247 e. The van der Waals surface area contributed by atoms with Crippen LogP contribution in [0.1, 0.15) is 0 Å². The zero-order valence-electron chi connectivity index (χ0n) is 13.6. The van der Waals surface area contributed by atoms with Gasteiger partial charge >= 0.3 is 0 Å². The van der Waals surface area contributed by atoms with Gasteiger partial charge in [0, 0.05) is 13.1 Å². The summed E-state index contributed by atoms with van der Waals surface area (Å²) in [6.07, 6.45) is 1.83. The quantitative estimate of drug-likeness (QED) is 0.774. The van der Waals surface area contributed by atoms with E-state index in [1.807, 2.05) is 0 Å². The zero-order valence-corrected chi connectivity index (χ0v) is 14.4. The summed E-state index contributed by atoms with van der Waals surface area (Å²) in [4.78, 5) is 20.6. The minimum Gasteiger partial charge on any atom is -0.495 e. The number of carbonyl (C=O) groups is 1. The van der Waals surface area contributed by atoms with Crippen LogP contribution in [0.2, 0.25) is 0 Å². The van der Waals surface area contributed by atoms with Crippen LogP contribution in [0.5, 0.6) is 5.75 Å². The van der Waals surface area contributed by atoms with Gasteiger partial charge in [0.05, 0.1) is 26.0 Å². The molecule has 0 aliphatic carbocycles. The van der Waals surface area contributed by atoms with Crippen molar-refractivity contribution in [3.63, 3.8) is 0 Å². The van der Waals surface area contributed by atoms with E-state index in [4.69, 9.17) is 4.74 Å². The molecule has 2 aromatic rings. The first-order chi connectivity index (χ1) is 12.3. The van der Waals surface area contributed by atoms with E-state index in [0.29, 0.717) is 0 Å². The Balaban J connectivity index is 1.85. The number of hydrogen-bond donors (Lipinski definition) is 0. The number of anilines is 1. The number of benzene rings is 1. The van der Waals surface area contributed by atoms with Gasteiger partial charge in [-0.15, -0.1) is 0 Å². The molecule has 0 radical (unpaired) electrons. The number of amides is 1. The smallest absolute Gasteiger partial charge is 0.247 e. The van der Waals surface area contributed by atoms with Crippen molar-refractivity contribution < 1.29 is 26.7 Å². The number of nitrogens with zero attached hydrogens (tertiary/aromatic N) is 4. The summed E-state index contributed by atoms with van der Waals surface area (Å²) < 4.78 is 57.9. The number of halogens is 2. The second kappa shape index (κ2) is 6.92. The Morgan fingerprint density at radius 3 is 2.42 bits per heavy atom. The van der Waals surface area contributed by atoms with Crippen LogP contribution in [-0.4, -0.2) is 55.3 Å². The largest absolute Gasteiger partial charge is 0.495 e. The highest BCUT2D eigenvalue weighted by Gasteiger charge is 2.36. The SMILES string of the molecule is COc1ccc(F)cc1S(=O)(=O)N1CCN(c2ncc(F)cn2)C(=O)C1. The van der Waals surface area contributed by atoms with Crippen LogP contribution >= 0.6 is 0 Å². The van der Waals surface area contributed by atoms with Gasteiger partial charge in [0.15, 0.2) is 5.82 Å². The van der Waals surface area contributed by atoms with E-state index >= 15 is 0 Å². The first-order valence-corrected chi connectivity index (χ1v) is 8.88. The molecule has 1 amide bonds. The zero-order chi connectivity index (χ0) is 18.9. The van der Waals surface area contributed by atoms with E-state index in [9.17, 15) is 22.0 Å². The number of rotatable bonds is 4. The standard InChI is InChI=1S/C15H14F2N4O4S/c1-25-12-3-2-10(16)6-13(12)26(23,24)20-4-5-21(14(22)9-20)15-18-7-11(17)8-19-15/h2-3,6-8H,4-5,9H2,1H3. The van der Waals surface area contributed by atoms with Crippen molar-refractivity contribution in [2.75, 3.05) is 31.6 Å². The molecule has 0 unspecified atom stereocenters. The highest BCUT2D eigenvalue weighted by molar-refractivity contribution is 7.89. The molecule has 1 saturated heterocycles. The van der Waals surface area contributed by atoms with E-state index in [2.05, 4.69) is 9.97 Å². The van der Waals surface area contributed by atoms with Gasteiger partial charge in [0.25, 0.3) is 0 Å². The van der Waals surface area contributed by atoms with E-state index in [1.165, 1.54) is 13.2 Å². The summed E-state index contributed by atoms with van der Waals surface area (Å²) in [7, 11) is -2.89. The Morgan fingerprint density at radius 2 is 1.81 bits per heavy atom. The molecule has 0 N–H and O–H groups in total. The number of piperazine rings is 1. The molecule has 1 fully saturated rings. The molecule has 0 bridgehead atoms. The van der Waals surface area contributed by atoms with Gasteiger partial charge in [-0.3, -0.25) is 9.69 Å². The number of hydrogen-bond acceptors (Lipinski definition) is 6. The second-order valence-electron chi connectivity index (χ2n) is 5.38. The number of ether oxygens (including phenoxy) is 1. The van der Waals surface area contributed by atoms with E-state index in [-0.39, 0.29) is 29.7 Å².